The zero-order valence-corrected chi connectivity index (χ0v) is 24.6. The van der Waals surface area contributed by atoms with E-state index in [0.29, 0.717) is 12.3 Å². The van der Waals surface area contributed by atoms with E-state index in [1.807, 2.05) is 4.57 Å². The van der Waals surface area contributed by atoms with Crippen LogP contribution in [-0.4, -0.2) is 77.2 Å². The van der Waals surface area contributed by atoms with Gasteiger partial charge in [-0.3, -0.25) is 9.59 Å². The summed E-state index contributed by atoms with van der Waals surface area (Å²) in [5.74, 6) is -2.32. The van der Waals surface area contributed by atoms with Crippen molar-refractivity contribution in [3.63, 3.8) is 0 Å². The molecule has 41 heavy (non-hydrogen) atoms. The van der Waals surface area contributed by atoms with Gasteiger partial charge in [0.25, 0.3) is 11.8 Å². The van der Waals surface area contributed by atoms with Crippen LogP contribution in [0.3, 0.4) is 0 Å². The van der Waals surface area contributed by atoms with Gasteiger partial charge in [0, 0.05) is 41.2 Å². The Hall–Kier alpha value is -4.05. The second-order valence-electron chi connectivity index (χ2n) is 10.7. The number of carbonyl (C=O) groups is 4. The third-order valence-corrected chi connectivity index (χ3v) is 7.70. The summed E-state index contributed by atoms with van der Waals surface area (Å²) in [6.07, 6.45) is 5.07. The molecule has 2 aromatic heterocycles. The van der Waals surface area contributed by atoms with E-state index < -0.39 is 35.1 Å². The molecule has 2 aliphatic heterocycles. The van der Waals surface area contributed by atoms with Crippen molar-refractivity contribution in [1.82, 2.24) is 19.6 Å². The van der Waals surface area contributed by atoms with Crippen LogP contribution in [0.1, 0.15) is 50.8 Å². The van der Waals surface area contributed by atoms with E-state index in [9.17, 15) is 19.2 Å². The molecule has 0 spiro atoms. The number of carbonyl (C=O) groups excluding carboxylic acids is 3. The third-order valence-electron chi connectivity index (χ3n) is 5.78. The molecule has 0 aliphatic carbocycles. The largest absolute Gasteiger partial charge is 0.478 e. The molecule has 2 aliphatic rings. The van der Waals surface area contributed by atoms with Crippen LogP contribution in [0, 0.1) is 0 Å². The SMILES string of the molecule is CC(C)(C)OC(=O)C(C)(C)ON=C(C(=O)NC1C(=O)N2C=C(C[n+]3ccc(C(=O)O)cc3)CS[C@@H]12)c1nsc(N)n1. The van der Waals surface area contributed by atoms with Crippen LogP contribution in [0.25, 0.3) is 0 Å². The summed E-state index contributed by atoms with van der Waals surface area (Å²) in [7, 11) is 0. The molecule has 2 atom stereocenters. The smallest absolute Gasteiger partial charge is 0.353 e. The standard InChI is InChI=1S/C25H29N7O7S2/c1-24(2,3)38-22(37)25(4,5)39-29-15(17-28-23(26)41-30-17)18(33)27-16-19(34)32-11-13(12-40-20(16)32)10-31-8-6-14(7-9-31)21(35)36/h6-9,11,16,20H,10,12H2,1-5H3,(H3-,26,27,28,30,33,35,36)/p+1/t16?,20-/m0/s1. The maximum absolute atomic E-state index is 13.3. The summed E-state index contributed by atoms with van der Waals surface area (Å²) < 4.78 is 11.2. The Balaban J connectivity index is 1.44. The van der Waals surface area contributed by atoms with E-state index in [4.69, 9.17) is 20.4 Å². The molecule has 2 amide bonds. The van der Waals surface area contributed by atoms with E-state index in [1.165, 1.54) is 37.7 Å². The van der Waals surface area contributed by atoms with Crippen LogP contribution in [0.5, 0.6) is 0 Å². The van der Waals surface area contributed by atoms with Crippen molar-refractivity contribution in [2.45, 2.75) is 63.8 Å². The minimum Gasteiger partial charge on any atom is -0.478 e. The second kappa shape index (κ2) is 11.4. The number of amides is 2. The van der Waals surface area contributed by atoms with Crippen molar-refractivity contribution in [3.8, 4) is 0 Å². The van der Waals surface area contributed by atoms with Gasteiger partial charge in [0.1, 0.15) is 17.0 Å². The number of nitrogen functional groups attached to an aromatic ring is 1. The number of anilines is 1. The second-order valence-corrected chi connectivity index (χ2v) is 12.6. The lowest BCUT2D eigenvalue weighted by Crippen LogP contribution is -2.69. The fourth-order valence-electron chi connectivity index (χ4n) is 3.71. The van der Waals surface area contributed by atoms with E-state index in [1.54, 1.807) is 44.3 Å². The molecule has 0 aromatic carbocycles. The number of rotatable bonds is 9. The number of nitrogens with one attached hydrogen (secondary N) is 1. The average molecular weight is 605 g/mol. The molecule has 14 nitrogen and oxygen atoms in total. The van der Waals surface area contributed by atoms with E-state index in [-0.39, 0.29) is 33.5 Å². The molecule has 4 N–H and O–H groups in total. The summed E-state index contributed by atoms with van der Waals surface area (Å²) in [6, 6.07) is 2.17. The van der Waals surface area contributed by atoms with Gasteiger partial charge in [-0.25, -0.2) is 14.2 Å². The van der Waals surface area contributed by atoms with Gasteiger partial charge in [-0.2, -0.15) is 9.36 Å². The van der Waals surface area contributed by atoms with Crippen molar-refractivity contribution < 1.29 is 38.4 Å². The summed E-state index contributed by atoms with van der Waals surface area (Å²) in [6.45, 7) is 8.49. The first-order chi connectivity index (χ1) is 19.1. The van der Waals surface area contributed by atoms with Gasteiger partial charge in [-0.1, -0.05) is 5.16 Å². The van der Waals surface area contributed by atoms with Crippen molar-refractivity contribution in [2.75, 3.05) is 11.5 Å². The van der Waals surface area contributed by atoms with Gasteiger partial charge < -0.3 is 30.6 Å². The van der Waals surface area contributed by atoms with Crippen molar-refractivity contribution in [3.05, 3.63) is 47.7 Å². The van der Waals surface area contributed by atoms with Crippen molar-refractivity contribution in [1.29, 1.82) is 0 Å². The number of carboxylic acid groups (broad SMARTS) is 1. The topological polar surface area (TPSA) is 190 Å². The highest BCUT2D eigenvalue weighted by Crippen LogP contribution is 2.36. The van der Waals surface area contributed by atoms with Gasteiger partial charge in [0.15, 0.2) is 24.1 Å². The fourth-order valence-corrected chi connectivity index (χ4v) is 5.40. The number of ether oxygens (including phenoxy) is 1. The lowest BCUT2D eigenvalue weighted by atomic mass is 10.1. The first-order valence-corrected chi connectivity index (χ1v) is 14.2. The number of carboxylic acids is 1. The molecule has 0 bridgehead atoms. The van der Waals surface area contributed by atoms with E-state index in [0.717, 1.165) is 17.1 Å². The number of thioether (sulfide) groups is 1. The molecular weight excluding hydrogens is 574 g/mol. The Kier molecular flexibility index (Phi) is 8.35. The van der Waals surface area contributed by atoms with Crippen LogP contribution >= 0.6 is 23.3 Å². The van der Waals surface area contributed by atoms with Crippen molar-refractivity contribution >= 4 is 57.9 Å². The predicted molar refractivity (Wildman–Crippen MR) is 149 cm³/mol. The molecule has 1 fully saturated rings. The molecule has 1 saturated heterocycles. The van der Waals surface area contributed by atoms with Crippen LogP contribution in [0.2, 0.25) is 0 Å². The van der Waals surface area contributed by atoms with Gasteiger partial charge in [-0.15, -0.1) is 11.8 Å². The number of nitrogens with zero attached hydrogens (tertiary/aromatic N) is 5. The highest BCUT2D eigenvalue weighted by Gasteiger charge is 2.50. The van der Waals surface area contributed by atoms with Crippen LogP contribution in [0.4, 0.5) is 5.13 Å². The van der Waals surface area contributed by atoms with Crippen LogP contribution in [-0.2, 0) is 30.5 Å². The van der Waals surface area contributed by atoms with Crippen LogP contribution < -0.4 is 15.6 Å². The summed E-state index contributed by atoms with van der Waals surface area (Å²) >= 11 is 2.32. The number of esters is 1. The summed E-state index contributed by atoms with van der Waals surface area (Å²) in [5.41, 5.74) is 4.17. The van der Waals surface area contributed by atoms with Gasteiger partial charge >= 0.3 is 11.9 Å². The quantitative estimate of drug-likeness (QED) is 0.121. The van der Waals surface area contributed by atoms with Gasteiger partial charge in [0.05, 0.1) is 5.56 Å². The number of hydrogen-bond donors (Lipinski definition) is 3. The zero-order chi connectivity index (χ0) is 30.1. The highest BCUT2D eigenvalue weighted by molar-refractivity contribution is 8.00. The first-order valence-electron chi connectivity index (χ1n) is 12.4. The lowest BCUT2D eigenvalue weighted by Gasteiger charge is -2.47. The molecular formula is C25H30N7O7S2+. The summed E-state index contributed by atoms with van der Waals surface area (Å²) in [4.78, 5) is 60.8. The molecule has 4 rings (SSSR count). The number of fused-ring (bicyclic) bond motifs is 1. The molecule has 0 saturated carbocycles. The number of nitrogens with two attached hydrogens (primary N) is 1. The molecule has 2 aromatic rings. The van der Waals surface area contributed by atoms with E-state index in [2.05, 4.69) is 19.8 Å². The van der Waals surface area contributed by atoms with Crippen molar-refractivity contribution in [2.24, 2.45) is 5.16 Å². The third kappa shape index (κ3) is 7.00. The average Bonchev–Trinajstić information content (AvgIpc) is 3.32. The number of aromatic carboxylic acids is 1. The molecule has 16 heteroatoms. The number of oxime groups is 1. The van der Waals surface area contributed by atoms with Crippen LogP contribution in [0.15, 0.2) is 41.5 Å². The Bertz CT molecular complexity index is 1430. The lowest BCUT2D eigenvalue weighted by molar-refractivity contribution is -0.689. The minimum absolute atomic E-state index is 0.0915. The molecule has 4 heterocycles. The highest BCUT2D eigenvalue weighted by atomic mass is 32.2. The minimum atomic E-state index is -1.55. The number of hydrogen-bond acceptors (Lipinski definition) is 12. The molecule has 218 valence electrons. The Morgan fingerprint density at radius 2 is 1.93 bits per heavy atom. The monoisotopic (exact) mass is 604 g/mol. The molecule has 1 unspecified atom stereocenters. The first kappa shape index (κ1) is 29.9. The normalized spacial score (nSPS) is 19.0. The maximum Gasteiger partial charge on any atom is 0.353 e. The Morgan fingerprint density at radius 3 is 2.51 bits per heavy atom. The molecule has 0 radical (unpaired) electrons. The number of pyridine rings is 1. The fraction of sp³-hybridized carbons (Fsp3) is 0.440. The summed E-state index contributed by atoms with van der Waals surface area (Å²) in [5, 5.41) is 15.4. The van der Waals surface area contributed by atoms with Gasteiger partial charge in [0.2, 0.25) is 17.1 Å². The number of β-lactam (4-membered cyclic amide) rings is 1. The van der Waals surface area contributed by atoms with E-state index >= 15 is 0 Å². The predicted octanol–water partition coefficient (Wildman–Crippen LogP) is 0.931. The Morgan fingerprint density at radius 1 is 1.24 bits per heavy atom. The maximum atomic E-state index is 13.3. The van der Waals surface area contributed by atoms with Gasteiger partial charge in [-0.05, 0) is 34.6 Å². The Labute approximate surface area is 243 Å². The number of aromatic nitrogens is 3. The zero-order valence-electron chi connectivity index (χ0n) is 23.0.